The van der Waals surface area contributed by atoms with Crippen molar-refractivity contribution in [2.24, 2.45) is 0 Å². The molecule has 0 radical (unpaired) electrons. The number of hydrogen-bond donors (Lipinski definition) is 1. The van der Waals surface area contributed by atoms with Crippen molar-refractivity contribution < 1.29 is 9.72 Å². The first-order chi connectivity index (χ1) is 16.9. The third-order valence-corrected chi connectivity index (χ3v) is 6.44. The van der Waals surface area contributed by atoms with E-state index in [1.54, 1.807) is 17.0 Å². The average Bonchev–Trinajstić information content (AvgIpc) is 3.28. The van der Waals surface area contributed by atoms with Gasteiger partial charge in [-0.15, -0.1) is 5.10 Å². The molecule has 35 heavy (non-hydrogen) atoms. The van der Waals surface area contributed by atoms with Crippen molar-refractivity contribution in [2.75, 3.05) is 13.1 Å². The number of aromatic nitrogens is 5. The molecule has 2 aromatic heterocycles. The van der Waals surface area contributed by atoms with Crippen LogP contribution >= 0.6 is 11.6 Å². The number of halogens is 1. The van der Waals surface area contributed by atoms with Crippen LogP contribution in [0, 0.1) is 10.1 Å². The minimum Gasteiger partial charge on any atom is -0.338 e. The highest BCUT2D eigenvalue weighted by molar-refractivity contribution is 6.31. The van der Waals surface area contributed by atoms with Crippen molar-refractivity contribution in [3.8, 4) is 0 Å². The fraction of sp³-hybridized carbons (Fsp3) is 0.261. The lowest BCUT2D eigenvalue weighted by atomic mass is 9.96. The normalized spacial score (nSPS) is 15.9. The van der Waals surface area contributed by atoms with E-state index in [-0.39, 0.29) is 28.6 Å². The zero-order valence-corrected chi connectivity index (χ0v) is 19.2. The summed E-state index contributed by atoms with van der Waals surface area (Å²) in [5.74, 6) is -0.0684. The second-order valence-corrected chi connectivity index (χ2v) is 8.77. The number of hydrogen-bond acceptors (Lipinski definition) is 7. The zero-order chi connectivity index (χ0) is 24.5. The molecule has 11 nitrogen and oxygen atoms in total. The van der Waals surface area contributed by atoms with Crippen molar-refractivity contribution in [2.45, 2.75) is 25.3 Å². The van der Waals surface area contributed by atoms with Gasteiger partial charge in [0.2, 0.25) is 0 Å². The number of carbonyl (C=O) groups excluding carboxylic acids is 1. The number of nitrogens with one attached hydrogen (secondary N) is 1. The Hall–Kier alpha value is -4.12. The van der Waals surface area contributed by atoms with Crippen molar-refractivity contribution in [3.63, 3.8) is 0 Å². The number of amides is 1. The highest BCUT2D eigenvalue weighted by Crippen LogP contribution is 2.27. The number of nitro benzene ring substituents is 1. The van der Waals surface area contributed by atoms with Gasteiger partial charge in [-0.05, 0) is 30.5 Å². The van der Waals surface area contributed by atoms with Crippen LogP contribution < -0.4 is 5.56 Å². The summed E-state index contributed by atoms with van der Waals surface area (Å²) in [5, 5.41) is 19.7. The van der Waals surface area contributed by atoms with Gasteiger partial charge in [0.05, 0.1) is 11.5 Å². The van der Waals surface area contributed by atoms with Gasteiger partial charge in [0.1, 0.15) is 5.82 Å². The molecule has 0 saturated carbocycles. The summed E-state index contributed by atoms with van der Waals surface area (Å²) in [6.07, 6.45) is 1.42. The predicted octanol–water partition coefficient (Wildman–Crippen LogP) is 3.14. The Balaban J connectivity index is 1.42. The maximum absolute atomic E-state index is 13.1. The second kappa shape index (κ2) is 9.26. The summed E-state index contributed by atoms with van der Waals surface area (Å²) >= 11 is 6.28. The third-order valence-electron chi connectivity index (χ3n) is 6.07. The maximum Gasteiger partial charge on any atom is 0.281 e. The highest BCUT2D eigenvalue weighted by Gasteiger charge is 2.28. The van der Waals surface area contributed by atoms with Crippen molar-refractivity contribution in [1.82, 2.24) is 29.9 Å². The van der Waals surface area contributed by atoms with E-state index in [2.05, 4.69) is 20.3 Å². The van der Waals surface area contributed by atoms with E-state index in [0.717, 1.165) is 12.0 Å². The monoisotopic (exact) mass is 493 g/mol. The maximum atomic E-state index is 13.1. The summed E-state index contributed by atoms with van der Waals surface area (Å²) in [5.41, 5.74) is 0.986. The van der Waals surface area contributed by atoms with Crippen LogP contribution in [0.4, 0.5) is 5.69 Å². The summed E-state index contributed by atoms with van der Waals surface area (Å²) in [4.78, 5) is 45.4. The lowest BCUT2D eigenvalue weighted by Crippen LogP contribution is -2.40. The molecule has 1 aliphatic rings. The van der Waals surface area contributed by atoms with Gasteiger partial charge in [-0.3, -0.25) is 19.7 Å². The van der Waals surface area contributed by atoms with E-state index in [4.69, 9.17) is 11.6 Å². The molecule has 178 valence electrons. The fourth-order valence-corrected chi connectivity index (χ4v) is 4.49. The van der Waals surface area contributed by atoms with Gasteiger partial charge in [0, 0.05) is 41.7 Å². The summed E-state index contributed by atoms with van der Waals surface area (Å²) < 4.78 is 1.53. The van der Waals surface area contributed by atoms with Gasteiger partial charge in [-0.1, -0.05) is 41.1 Å². The van der Waals surface area contributed by atoms with Crippen LogP contribution in [0.25, 0.3) is 11.2 Å². The van der Waals surface area contributed by atoms with Gasteiger partial charge in [-0.25, -0.2) is 9.67 Å². The molecule has 4 aromatic rings. The molecule has 1 aliphatic heterocycles. The molecule has 1 saturated heterocycles. The number of likely N-dealkylation sites (tertiary alicyclic amines) is 1. The molecule has 0 unspecified atom stereocenters. The summed E-state index contributed by atoms with van der Waals surface area (Å²) in [7, 11) is 0. The first-order valence-electron chi connectivity index (χ1n) is 11.0. The largest absolute Gasteiger partial charge is 0.338 e. The van der Waals surface area contributed by atoms with Crippen LogP contribution in [0.3, 0.4) is 0 Å². The molecule has 1 amide bonds. The molecule has 5 rings (SSSR count). The molecule has 1 atom stereocenters. The Morgan fingerprint density at radius 3 is 2.86 bits per heavy atom. The van der Waals surface area contributed by atoms with Crippen LogP contribution in [0.1, 0.15) is 40.5 Å². The van der Waals surface area contributed by atoms with E-state index in [9.17, 15) is 19.7 Å². The molecule has 0 spiro atoms. The Morgan fingerprint density at radius 1 is 1.23 bits per heavy atom. The number of H-pyrrole nitrogens is 1. The minimum absolute atomic E-state index is 0.126. The predicted molar refractivity (Wildman–Crippen MR) is 127 cm³/mol. The Morgan fingerprint density at radius 2 is 2.06 bits per heavy atom. The molecular weight excluding hydrogens is 474 g/mol. The number of rotatable bonds is 5. The quantitative estimate of drug-likeness (QED) is 0.332. The summed E-state index contributed by atoms with van der Waals surface area (Å²) in [6, 6.07) is 13.0. The molecule has 0 bridgehead atoms. The molecule has 12 heteroatoms. The van der Waals surface area contributed by atoms with Crippen LogP contribution in [0.15, 0.2) is 53.3 Å². The van der Waals surface area contributed by atoms with Crippen molar-refractivity contribution in [1.29, 1.82) is 0 Å². The number of aromatic amines is 1. The van der Waals surface area contributed by atoms with Gasteiger partial charge in [0.15, 0.2) is 11.2 Å². The van der Waals surface area contributed by atoms with Crippen LogP contribution in [0.5, 0.6) is 0 Å². The van der Waals surface area contributed by atoms with Crippen LogP contribution in [-0.2, 0) is 6.54 Å². The number of nitrogens with zero attached hydrogens (tertiary/aromatic N) is 6. The first-order valence-corrected chi connectivity index (χ1v) is 11.4. The Bertz CT molecular complexity index is 1500. The zero-order valence-electron chi connectivity index (χ0n) is 18.4. The topological polar surface area (TPSA) is 140 Å². The van der Waals surface area contributed by atoms with E-state index < -0.39 is 10.5 Å². The smallest absolute Gasteiger partial charge is 0.281 e. The van der Waals surface area contributed by atoms with Crippen molar-refractivity contribution >= 4 is 34.4 Å². The minimum atomic E-state index is -0.528. The molecular formula is C23H20ClN7O4. The van der Waals surface area contributed by atoms with Gasteiger partial charge >= 0.3 is 0 Å². The molecule has 1 fully saturated rings. The summed E-state index contributed by atoms with van der Waals surface area (Å²) in [6.45, 7) is 1.13. The Labute approximate surface area is 203 Å². The molecule has 3 heterocycles. The fourth-order valence-electron chi connectivity index (χ4n) is 4.29. The van der Waals surface area contributed by atoms with E-state index in [1.807, 2.05) is 18.2 Å². The average molecular weight is 494 g/mol. The number of piperidine rings is 1. The second-order valence-electron chi connectivity index (χ2n) is 8.36. The van der Waals surface area contributed by atoms with Gasteiger partial charge < -0.3 is 9.88 Å². The molecule has 0 aliphatic carbocycles. The number of nitro groups is 1. The highest BCUT2D eigenvalue weighted by atomic mass is 35.5. The van der Waals surface area contributed by atoms with E-state index in [1.165, 1.54) is 22.9 Å². The number of benzene rings is 2. The van der Waals surface area contributed by atoms with E-state index >= 15 is 0 Å². The van der Waals surface area contributed by atoms with Gasteiger partial charge in [0.25, 0.3) is 17.2 Å². The van der Waals surface area contributed by atoms with Crippen LogP contribution in [-0.4, -0.2) is 53.8 Å². The SMILES string of the molecule is O=C(c1cccc([N+](=O)[O-])c1)N1CCC[C@@H](c2nc3c(nnn3Cc3ccccc3Cl)c(=O)[nH]2)C1. The standard InChI is InChI=1S/C23H20ClN7O4/c24-18-9-2-1-5-15(18)13-30-21-19(27-28-30)22(32)26-20(25-21)16-7-4-10-29(12-16)23(33)14-6-3-8-17(11-14)31(34)35/h1-3,5-6,8-9,11,16H,4,7,10,12-13H2,(H,25,26,32)/t16-/m1/s1. The molecule has 2 aromatic carbocycles. The van der Waals surface area contributed by atoms with Gasteiger partial charge in [-0.2, -0.15) is 0 Å². The van der Waals surface area contributed by atoms with Crippen LogP contribution in [0.2, 0.25) is 5.02 Å². The van der Waals surface area contributed by atoms with E-state index in [0.29, 0.717) is 42.5 Å². The first kappa shape index (κ1) is 22.7. The van der Waals surface area contributed by atoms with Crippen molar-refractivity contribution in [3.05, 3.63) is 91.0 Å². The number of non-ortho nitro benzene ring substituents is 1. The lowest BCUT2D eigenvalue weighted by molar-refractivity contribution is -0.384. The number of fused-ring (bicyclic) bond motifs is 1. The number of carbonyl (C=O) groups is 1. The molecule has 1 N–H and O–H groups in total. The Kier molecular flexibility index (Phi) is 6.00. The third kappa shape index (κ3) is 4.50. The lowest BCUT2D eigenvalue weighted by Gasteiger charge is -2.32.